The smallest absolute Gasteiger partial charge is 0.139 e. The van der Waals surface area contributed by atoms with E-state index in [2.05, 4.69) is 23.2 Å². The molecule has 0 atom stereocenters. The first kappa shape index (κ1) is 8.33. The lowest BCUT2D eigenvalue weighted by Crippen LogP contribution is -2.16. The van der Waals surface area contributed by atoms with Gasteiger partial charge in [0.2, 0.25) is 0 Å². The van der Waals surface area contributed by atoms with E-state index in [0.29, 0.717) is 5.82 Å². The molecule has 4 heteroatoms. The van der Waals surface area contributed by atoms with E-state index in [1.54, 1.807) is 0 Å². The van der Waals surface area contributed by atoms with Crippen molar-refractivity contribution in [3.8, 4) is 0 Å². The highest BCUT2D eigenvalue weighted by Crippen LogP contribution is 2.21. The van der Waals surface area contributed by atoms with E-state index in [0.717, 1.165) is 18.0 Å². The molecule has 0 saturated heterocycles. The number of anilines is 2. The molecule has 0 fully saturated rings. The highest BCUT2D eigenvalue weighted by Gasteiger charge is 2.02. The minimum Gasteiger partial charge on any atom is -0.383 e. The van der Waals surface area contributed by atoms with Gasteiger partial charge in [0.1, 0.15) is 10.8 Å². The predicted octanol–water partition coefficient (Wildman–Crippen LogP) is 1.57. The van der Waals surface area contributed by atoms with E-state index >= 15 is 0 Å². The van der Waals surface area contributed by atoms with Gasteiger partial charge >= 0.3 is 0 Å². The lowest BCUT2D eigenvalue weighted by atomic mass is 10.4. The van der Waals surface area contributed by atoms with Crippen LogP contribution < -0.4 is 10.6 Å². The van der Waals surface area contributed by atoms with E-state index in [1.165, 1.54) is 11.5 Å². The van der Waals surface area contributed by atoms with E-state index in [-0.39, 0.29) is 0 Å². The molecule has 0 aromatic carbocycles. The van der Waals surface area contributed by atoms with Crippen molar-refractivity contribution in [2.45, 2.75) is 13.3 Å². The van der Waals surface area contributed by atoms with E-state index in [9.17, 15) is 0 Å². The highest BCUT2D eigenvalue weighted by molar-refractivity contribution is 7.10. The molecule has 0 saturated carbocycles. The molecule has 1 heterocycles. The summed E-state index contributed by atoms with van der Waals surface area (Å²) in [5, 5.41) is 1.14. The molecular weight excluding hydrogens is 158 g/mol. The topological polar surface area (TPSA) is 42.1 Å². The fraction of sp³-hybridized carbons (Fsp3) is 0.571. The van der Waals surface area contributed by atoms with Gasteiger partial charge in [-0.15, -0.1) is 0 Å². The molecule has 0 aliphatic heterocycles. The van der Waals surface area contributed by atoms with Gasteiger partial charge in [0, 0.05) is 19.7 Å². The van der Waals surface area contributed by atoms with Crippen molar-refractivity contribution in [3.63, 3.8) is 0 Å². The summed E-state index contributed by atoms with van der Waals surface area (Å²) in [4.78, 5) is 2.16. The third-order valence-corrected chi connectivity index (χ3v) is 2.37. The molecule has 62 valence electrons. The van der Waals surface area contributed by atoms with Gasteiger partial charge in [-0.2, -0.15) is 4.37 Å². The first-order valence-electron chi connectivity index (χ1n) is 3.67. The molecular formula is C7H13N3S. The quantitative estimate of drug-likeness (QED) is 0.750. The predicted molar refractivity (Wildman–Crippen MR) is 50.1 cm³/mol. The lowest BCUT2D eigenvalue weighted by molar-refractivity contribution is 0.859. The monoisotopic (exact) mass is 171 g/mol. The van der Waals surface area contributed by atoms with Crippen LogP contribution >= 0.6 is 11.5 Å². The number of nitrogens with zero attached hydrogens (tertiary/aromatic N) is 2. The van der Waals surface area contributed by atoms with Gasteiger partial charge in [-0.05, 0) is 18.0 Å². The number of nitrogen functional groups attached to an aromatic ring is 1. The van der Waals surface area contributed by atoms with Crippen LogP contribution in [0, 0.1) is 0 Å². The Morgan fingerprint density at radius 3 is 2.91 bits per heavy atom. The lowest BCUT2D eigenvalue weighted by Gasteiger charge is -2.13. The molecule has 1 rings (SSSR count). The number of nitrogens with two attached hydrogens (primary N) is 1. The molecule has 2 N–H and O–H groups in total. The van der Waals surface area contributed by atoms with Crippen molar-refractivity contribution in [2.24, 2.45) is 0 Å². The molecule has 1 aromatic rings. The van der Waals surface area contributed by atoms with Crippen LogP contribution in [0.15, 0.2) is 6.07 Å². The zero-order valence-corrected chi connectivity index (χ0v) is 7.69. The van der Waals surface area contributed by atoms with Gasteiger partial charge < -0.3 is 10.6 Å². The van der Waals surface area contributed by atoms with Gasteiger partial charge in [-0.25, -0.2) is 0 Å². The summed E-state index contributed by atoms with van der Waals surface area (Å²) >= 11 is 1.45. The van der Waals surface area contributed by atoms with E-state index in [1.807, 2.05) is 6.07 Å². The van der Waals surface area contributed by atoms with Crippen LogP contribution in [0.5, 0.6) is 0 Å². The average Bonchev–Trinajstić information content (AvgIpc) is 2.36. The van der Waals surface area contributed by atoms with Gasteiger partial charge in [-0.3, -0.25) is 0 Å². The Labute approximate surface area is 71.0 Å². The van der Waals surface area contributed by atoms with Crippen LogP contribution in [-0.4, -0.2) is 18.0 Å². The first-order valence-corrected chi connectivity index (χ1v) is 4.44. The summed E-state index contributed by atoms with van der Waals surface area (Å²) in [5.41, 5.74) is 5.49. The van der Waals surface area contributed by atoms with Crippen molar-refractivity contribution in [3.05, 3.63) is 6.07 Å². The second-order valence-corrected chi connectivity index (χ2v) is 3.29. The Morgan fingerprint density at radius 1 is 1.73 bits per heavy atom. The van der Waals surface area contributed by atoms with Crippen LogP contribution in [0.3, 0.4) is 0 Å². The van der Waals surface area contributed by atoms with Gasteiger partial charge in [0.25, 0.3) is 0 Å². The molecule has 11 heavy (non-hydrogen) atoms. The van der Waals surface area contributed by atoms with Crippen LogP contribution in [-0.2, 0) is 0 Å². The minimum absolute atomic E-state index is 0.618. The third-order valence-electron chi connectivity index (χ3n) is 1.45. The Morgan fingerprint density at radius 2 is 2.45 bits per heavy atom. The SMILES string of the molecule is CCCN(C)c1cc(N)ns1. The minimum atomic E-state index is 0.618. The summed E-state index contributed by atoms with van der Waals surface area (Å²) < 4.78 is 4.00. The maximum absolute atomic E-state index is 5.49. The number of rotatable bonds is 3. The molecule has 1 aromatic heterocycles. The zero-order valence-electron chi connectivity index (χ0n) is 6.87. The summed E-state index contributed by atoms with van der Waals surface area (Å²) in [5.74, 6) is 0.618. The normalized spacial score (nSPS) is 10.0. The fourth-order valence-corrected chi connectivity index (χ4v) is 1.56. The van der Waals surface area contributed by atoms with Crippen LogP contribution in [0.25, 0.3) is 0 Å². The van der Waals surface area contributed by atoms with Crippen molar-refractivity contribution >= 4 is 22.4 Å². The molecule has 0 amide bonds. The Bertz CT molecular complexity index is 221. The van der Waals surface area contributed by atoms with Crippen molar-refractivity contribution in [1.29, 1.82) is 0 Å². The standard InChI is InChI=1S/C7H13N3S/c1-3-4-10(2)7-5-6(8)9-11-7/h5H,3-4H2,1-2H3,(H2,8,9). The summed E-state index contributed by atoms with van der Waals surface area (Å²) in [7, 11) is 2.05. The second-order valence-electron chi connectivity index (χ2n) is 2.51. The first-order chi connectivity index (χ1) is 5.24. The van der Waals surface area contributed by atoms with Crippen LogP contribution in [0.2, 0.25) is 0 Å². The van der Waals surface area contributed by atoms with Crippen molar-refractivity contribution < 1.29 is 0 Å². The molecule has 3 nitrogen and oxygen atoms in total. The summed E-state index contributed by atoms with van der Waals surface area (Å²) in [6.07, 6.45) is 1.15. The maximum Gasteiger partial charge on any atom is 0.139 e. The molecule has 0 aliphatic rings. The molecule has 0 bridgehead atoms. The number of aromatic nitrogens is 1. The number of hydrogen-bond donors (Lipinski definition) is 1. The average molecular weight is 171 g/mol. The zero-order chi connectivity index (χ0) is 8.27. The highest BCUT2D eigenvalue weighted by atomic mass is 32.1. The van der Waals surface area contributed by atoms with Crippen molar-refractivity contribution in [1.82, 2.24) is 4.37 Å². The molecule has 0 aliphatic carbocycles. The summed E-state index contributed by atoms with van der Waals surface area (Å²) in [6, 6.07) is 1.90. The van der Waals surface area contributed by atoms with Gasteiger partial charge in [0.15, 0.2) is 0 Å². The Kier molecular flexibility index (Phi) is 2.70. The number of hydrogen-bond acceptors (Lipinski definition) is 4. The largest absolute Gasteiger partial charge is 0.383 e. The second kappa shape index (κ2) is 3.57. The molecule has 0 unspecified atom stereocenters. The van der Waals surface area contributed by atoms with Gasteiger partial charge in [0.05, 0.1) is 0 Å². The van der Waals surface area contributed by atoms with E-state index in [4.69, 9.17) is 5.73 Å². The van der Waals surface area contributed by atoms with Gasteiger partial charge in [-0.1, -0.05) is 6.92 Å². The Hall–Kier alpha value is -0.770. The fourth-order valence-electron chi connectivity index (χ4n) is 0.904. The van der Waals surface area contributed by atoms with Crippen LogP contribution in [0.1, 0.15) is 13.3 Å². The molecule has 0 spiro atoms. The molecule has 0 radical (unpaired) electrons. The summed E-state index contributed by atoms with van der Waals surface area (Å²) in [6.45, 7) is 3.21. The van der Waals surface area contributed by atoms with Crippen LogP contribution in [0.4, 0.5) is 10.8 Å². The Balaban J connectivity index is 2.60. The van der Waals surface area contributed by atoms with E-state index < -0.39 is 0 Å². The maximum atomic E-state index is 5.49. The van der Waals surface area contributed by atoms with Crippen molar-refractivity contribution in [2.75, 3.05) is 24.2 Å². The third kappa shape index (κ3) is 2.08.